The molecular weight excluding hydrogens is 338 g/mol. The van der Waals surface area contributed by atoms with Gasteiger partial charge in [0.2, 0.25) is 0 Å². The summed E-state index contributed by atoms with van der Waals surface area (Å²) >= 11 is 0. The average Bonchev–Trinajstić information content (AvgIpc) is 3.07. The molecule has 1 aliphatic rings. The Bertz CT molecular complexity index is 996. The summed E-state index contributed by atoms with van der Waals surface area (Å²) in [4.78, 5) is 2.45. The number of benzene rings is 3. The fraction of sp³-hybridized carbons (Fsp3) is 0.185. The predicted octanol–water partition coefficient (Wildman–Crippen LogP) is 7.42. The molecule has 1 aliphatic heterocycles. The van der Waals surface area contributed by atoms with E-state index >= 15 is 0 Å². The van der Waals surface area contributed by atoms with Crippen LogP contribution in [0.15, 0.2) is 91.5 Å². The second-order valence-electron chi connectivity index (χ2n) is 7.27. The molecule has 3 aromatic carbocycles. The van der Waals surface area contributed by atoms with Crippen molar-refractivity contribution in [1.29, 1.82) is 0 Å². The highest BCUT2D eigenvalue weighted by molar-refractivity contribution is 5.94. The first-order chi connectivity index (χ1) is 13.8. The molecule has 0 N–H and O–H groups in total. The van der Waals surface area contributed by atoms with E-state index in [2.05, 4.69) is 104 Å². The smallest absolute Gasteiger partial charge is 0.0629 e. The molecule has 3 aromatic rings. The van der Waals surface area contributed by atoms with Gasteiger partial charge in [0, 0.05) is 16.9 Å². The molecule has 140 valence electrons. The minimum atomic E-state index is 0.289. The Hall–Kier alpha value is -3.06. The van der Waals surface area contributed by atoms with Crippen molar-refractivity contribution in [3.8, 4) is 11.1 Å². The summed E-state index contributed by atoms with van der Waals surface area (Å²) in [6, 6.07) is 26.8. The molecule has 1 nitrogen and oxygen atoms in total. The molecule has 0 fully saturated rings. The van der Waals surface area contributed by atoms with E-state index in [1.54, 1.807) is 0 Å². The van der Waals surface area contributed by atoms with E-state index in [0.717, 1.165) is 12.8 Å². The van der Waals surface area contributed by atoms with Crippen molar-refractivity contribution in [3.05, 3.63) is 103 Å². The normalized spacial score (nSPS) is 17.0. The molecule has 1 heterocycles. The van der Waals surface area contributed by atoms with Gasteiger partial charge in [0.1, 0.15) is 0 Å². The lowest BCUT2D eigenvalue weighted by Gasteiger charge is -2.27. The Kier molecular flexibility index (Phi) is 5.16. The molecule has 0 spiro atoms. The number of fused-ring (bicyclic) bond motifs is 1. The molecule has 1 atom stereocenters. The topological polar surface area (TPSA) is 3.24 Å². The third-order valence-corrected chi connectivity index (χ3v) is 5.67. The SMILES string of the molecule is C=CCC1/C(=C\C)c2cc(-c3ccc(CC)cc3)ccc2N1c1ccccc1. The van der Waals surface area contributed by atoms with E-state index < -0.39 is 0 Å². The van der Waals surface area contributed by atoms with Gasteiger partial charge >= 0.3 is 0 Å². The van der Waals surface area contributed by atoms with Gasteiger partial charge in [0.25, 0.3) is 0 Å². The Morgan fingerprint density at radius 3 is 2.29 bits per heavy atom. The molecule has 0 radical (unpaired) electrons. The second kappa shape index (κ2) is 7.90. The van der Waals surface area contributed by atoms with E-state index in [9.17, 15) is 0 Å². The predicted molar refractivity (Wildman–Crippen MR) is 122 cm³/mol. The van der Waals surface area contributed by atoms with Gasteiger partial charge in [-0.05, 0) is 66.3 Å². The molecule has 0 saturated heterocycles. The van der Waals surface area contributed by atoms with Crippen molar-refractivity contribution in [2.75, 3.05) is 4.90 Å². The standard InChI is InChI=1S/C27H27N/c1-4-10-26-24(6-3)25-19-22(21-15-13-20(5-2)14-16-21)17-18-27(25)28(26)23-11-8-7-9-12-23/h4,6-9,11-19,26H,1,5,10H2,2-3H3/b24-6-. The lowest BCUT2D eigenvalue weighted by atomic mass is 9.95. The van der Waals surface area contributed by atoms with Crippen LogP contribution in [0.25, 0.3) is 16.7 Å². The summed E-state index contributed by atoms with van der Waals surface area (Å²) in [5.74, 6) is 0. The van der Waals surface area contributed by atoms with Crippen LogP contribution in [0.3, 0.4) is 0 Å². The highest BCUT2D eigenvalue weighted by Crippen LogP contribution is 2.47. The van der Waals surface area contributed by atoms with Gasteiger partial charge in [-0.1, -0.05) is 67.6 Å². The summed E-state index contributed by atoms with van der Waals surface area (Å²) in [5.41, 5.74) is 9.14. The number of hydrogen-bond donors (Lipinski definition) is 0. The molecule has 0 saturated carbocycles. The van der Waals surface area contributed by atoms with Crippen LogP contribution in [0.2, 0.25) is 0 Å². The van der Waals surface area contributed by atoms with Crippen molar-refractivity contribution in [3.63, 3.8) is 0 Å². The maximum Gasteiger partial charge on any atom is 0.0629 e. The number of para-hydroxylation sites is 1. The van der Waals surface area contributed by atoms with Crippen LogP contribution in [0, 0.1) is 0 Å². The van der Waals surface area contributed by atoms with Crippen LogP contribution >= 0.6 is 0 Å². The fourth-order valence-electron chi connectivity index (χ4n) is 4.22. The molecule has 4 rings (SSSR count). The number of allylic oxidation sites excluding steroid dienone is 1. The maximum absolute atomic E-state index is 4.01. The summed E-state index contributed by atoms with van der Waals surface area (Å²) in [6.07, 6.45) is 6.28. The van der Waals surface area contributed by atoms with Crippen LogP contribution < -0.4 is 4.90 Å². The zero-order chi connectivity index (χ0) is 19.5. The van der Waals surface area contributed by atoms with Crippen LogP contribution in [0.5, 0.6) is 0 Å². The number of hydrogen-bond acceptors (Lipinski definition) is 1. The van der Waals surface area contributed by atoms with Crippen LogP contribution in [0.4, 0.5) is 11.4 Å². The largest absolute Gasteiger partial charge is 0.333 e. The van der Waals surface area contributed by atoms with Crippen LogP contribution in [-0.4, -0.2) is 6.04 Å². The third kappa shape index (κ3) is 3.18. The highest BCUT2D eigenvalue weighted by Gasteiger charge is 2.33. The first-order valence-corrected chi connectivity index (χ1v) is 10.1. The number of rotatable bonds is 5. The molecule has 0 bridgehead atoms. The Labute approximate surface area is 168 Å². The molecule has 1 unspecified atom stereocenters. The van der Waals surface area contributed by atoms with Crippen molar-refractivity contribution < 1.29 is 0 Å². The quantitative estimate of drug-likeness (QED) is 0.425. The average molecular weight is 366 g/mol. The third-order valence-electron chi connectivity index (χ3n) is 5.67. The molecule has 0 amide bonds. The highest BCUT2D eigenvalue weighted by atomic mass is 15.2. The molecule has 28 heavy (non-hydrogen) atoms. The van der Waals surface area contributed by atoms with Gasteiger partial charge in [-0.3, -0.25) is 0 Å². The van der Waals surface area contributed by atoms with Gasteiger partial charge in [-0.25, -0.2) is 0 Å². The number of aryl methyl sites for hydroxylation is 1. The van der Waals surface area contributed by atoms with E-state index in [1.165, 1.54) is 39.2 Å². The monoisotopic (exact) mass is 365 g/mol. The zero-order valence-corrected chi connectivity index (χ0v) is 16.7. The van der Waals surface area contributed by atoms with Gasteiger partial charge in [0.05, 0.1) is 6.04 Å². The maximum atomic E-state index is 4.01. The fourth-order valence-corrected chi connectivity index (χ4v) is 4.22. The van der Waals surface area contributed by atoms with Crippen molar-refractivity contribution in [1.82, 2.24) is 0 Å². The van der Waals surface area contributed by atoms with Crippen molar-refractivity contribution >= 4 is 16.9 Å². The lowest BCUT2D eigenvalue weighted by molar-refractivity contribution is 0.836. The minimum Gasteiger partial charge on any atom is -0.333 e. The van der Waals surface area contributed by atoms with E-state index in [0.29, 0.717) is 0 Å². The summed E-state index contributed by atoms with van der Waals surface area (Å²) in [5, 5.41) is 0. The molecular formula is C27H27N. The Balaban J connectivity index is 1.82. The van der Waals surface area contributed by atoms with Gasteiger partial charge < -0.3 is 4.90 Å². The van der Waals surface area contributed by atoms with Gasteiger partial charge in [-0.2, -0.15) is 0 Å². The Morgan fingerprint density at radius 2 is 1.64 bits per heavy atom. The molecule has 0 aromatic heterocycles. The first-order valence-electron chi connectivity index (χ1n) is 10.1. The number of nitrogens with zero attached hydrogens (tertiary/aromatic N) is 1. The summed E-state index contributed by atoms with van der Waals surface area (Å²) in [7, 11) is 0. The van der Waals surface area contributed by atoms with E-state index in [4.69, 9.17) is 0 Å². The molecule has 0 aliphatic carbocycles. The lowest BCUT2D eigenvalue weighted by Crippen LogP contribution is -2.26. The summed E-state index contributed by atoms with van der Waals surface area (Å²) in [6.45, 7) is 8.35. The van der Waals surface area contributed by atoms with Crippen molar-refractivity contribution in [2.24, 2.45) is 0 Å². The second-order valence-corrected chi connectivity index (χ2v) is 7.27. The zero-order valence-electron chi connectivity index (χ0n) is 16.7. The minimum absolute atomic E-state index is 0.289. The van der Waals surface area contributed by atoms with E-state index in [1.807, 2.05) is 6.08 Å². The van der Waals surface area contributed by atoms with E-state index in [-0.39, 0.29) is 6.04 Å². The summed E-state index contributed by atoms with van der Waals surface area (Å²) < 4.78 is 0. The molecule has 1 heteroatoms. The number of anilines is 2. The first kappa shape index (κ1) is 18.3. The van der Waals surface area contributed by atoms with Gasteiger partial charge in [0.15, 0.2) is 0 Å². The van der Waals surface area contributed by atoms with Crippen LogP contribution in [0.1, 0.15) is 31.4 Å². The van der Waals surface area contributed by atoms with Crippen molar-refractivity contribution in [2.45, 2.75) is 32.7 Å². The van der Waals surface area contributed by atoms with Crippen LogP contribution in [-0.2, 0) is 6.42 Å². The van der Waals surface area contributed by atoms with Gasteiger partial charge in [-0.15, -0.1) is 6.58 Å². The Morgan fingerprint density at radius 1 is 0.929 bits per heavy atom.